The number of para-hydroxylation sites is 9. The van der Waals surface area contributed by atoms with Crippen LogP contribution in [0.2, 0.25) is 0 Å². The summed E-state index contributed by atoms with van der Waals surface area (Å²) in [5.74, 6) is 0. The SMILES string of the molecule is O=P12c3ccccc3N(c3ccccc3)c3cc(N(c4ccccc4)c4ccccc4)cc(c31)N(c1ccccc1)c1cc3c(cc12)B1c2ccccc2N(c2ccccc2)c2cc(N(c4ccccc4)c4ccccc4)cc(c21)S3. The number of benzene rings is 12. The van der Waals surface area contributed by atoms with Crippen molar-refractivity contribution in [2.24, 2.45) is 0 Å². The fourth-order valence-corrected chi connectivity index (χ4v) is 17.5. The van der Waals surface area contributed by atoms with Crippen LogP contribution >= 0.6 is 18.9 Å². The van der Waals surface area contributed by atoms with Crippen molar-refractivity contribution in [3.05, 3.63) is 297 Å². The smallest absolute Gasteiger partial charge is 0.249 e. The van der Waals surface area contributed by atoms with Gasteiger partial charge < -0.3 is 29.1 Å². The lowest BCUT2D eigenvalue weighted by molar-refractivity contribution is 0.592. The third-order valence-electron chi connectivity index (χ3n) is 16.3. The highest BCUT2D eigenvalue weighted by Crippen LogP contribution is 2.63. The number of hydrogen-bond donors (Lipinski definition) is 0. The molecular formula is C72H49BN5OPS. The Morgan fingerprint density at radius 3 is 1.21 bits per heavy atom. The van der Waals surface area contributed by atoms with E-state index >= 15 is 4.57 Å². The highest BCUT2D eigenvalue weighted by atomic mass is 32.2. The quantitative estimate of drug-likeness (QED) is 0.105. The molecule has 12 aromatic rings. The first-order valence-electron chi connectivity index (χ1n) is 27.5. The van der Waals surface area contributed by atoms with Crippen molar-refractivity contribution in [1.82, 2.24) is 0 Å². The van der Waals surface area contributed by atoms with Gasteiger partial charge in [-0.2, -0.15) is 0 Å². The summed E-state index contributed by atoms with van der Waals surface area (Å²) in [6.45, 7) is -0.185. The second kappa shape index (κ2) is 19.0. The summed E-state index contributed by atoms with van der Waals surface area (Å²) in [6.07, 6.45) is 0. The maximum atomic E-state index is 18.1. The molecule has 0 saturated heterocycles. The first-order valence-corrected chi connectivity index (χ1v) is 30.0. The Bertz CT molecular complexity index is 4370. The molecule has 6 nitrogen and oxygen atoms in total. The van der Waals surface area contributed by atoms with Crippen LogP contribution in [0.4, 0.5) is 85.3 Å². The fraction of sp³-hybridized carbons (Fsp3) is 0. The van der Waals surface area contributed by atoms with Gasteiger partial charge in [-0.05, 0) is 144 Å². The van der Waals surface area contributed by atoms with E-state index in [0.29, 0.717) is 0 Å². The van der Waals surface area contributed by atoms with Crippen LogP contribution in [-0.2, 0) is 4.57 Å². The zero-order chi connectivity index (χ0) is 53.6. The Balaban J connectivity index is 0.997. The minimum atomic E-state index is -3.75. The van der Waals surface area contributed by atoms with Gasteiger partial charge in [0.1, 0.15) is 0 Å². The summed E-state index contributed by atoms with van der Waals surface area (Å²) in [5, 5.41) is 2.48. The van der Waals surface area contributed by atoms with Crippen molar-refractivity contribution >= 4 is 143 Å². The Labute approximate surface area is 476 Å². The summed E-state index contributed by atoms with van der Waals surface area (Å²) in [4.78, 5) is 14.2. The number of rotatable bonds is 9. The van der Waals surface area contributed by atoms with E-state index < -0.39 is 7.14 Å². The summed E-state index contributed by atoms with van der Waals surface area (Å²) < 4.78 is 18.1. The van der Waals surface area contributed by atoms with E-state index in [2.05, 4.69) is 322 Å². The van der Waals surface area contributed by atoms with E-state index in [4.69, 9.17) is 0 Å². The molecule has 4 aliphatic heterocycles. The lowest BCUT2D eigenvalue weighted by Crippen LogP contribution is -2.60. The normalized spacial score (nSPS) is 14.9. The van der Waals surface area contributed by atoms with Crippen LogP contribution in [0.25, 0.3) is 0 Å². The zero-order valence-corrected chi connectivity index (χ0v) is 45.6. The van der Waals surface area contributed by atoms with Crippen LogP contribution in [0.1, 0.15) is 0 Å². The van der Waals surface area contributed by atoms with Crippen LogP contribution in [0.3, 0.4) is 0 Å². The summed E-state index contributed by atoms with van der Waals surface area (Å²) >= 11 is 1.82. The van der Waals surface area contributed by atoms with Gasteiger partial charge in [-0.15, -0.1) is 0 Å². The molecule has 0 aromatic heterocycles. The lowest BCUT2D eigenvalue weighted by Gasteiger charge is -2.46. The fourth-order valence-electron chi connectivity index (χ4n) is 13.0. The summed E-state index contributed by atoms with van der Waals surface area (Å²) in [6, 6.07) is 106. The number of hydrogen-bond acceptors (Lipinski definition) is 7. The average molecular weight is 1070 g/mol. The molecule has 0 spiro atoms. The molecule has 81 heavy (non-hydrogen) atoms. The second-order valence-corrected chi connectivity index (χ2v) is 24.5. The molecule has 0 radical (unpaired) electrons. The van der Waals surface area contributed by atoms with Gasteiger partial charge in [-0.1, -0.05) is 181 Å². The molecule has 1 unspecified atom stereocenters. The van der Waals surface area contributed by atoms with Crippen molar-refractivity contribution in [1.29, 1.82) is 0 Å². The Morgan fingerprint density at radius 2 is 0.704 bits per heavy atom. The third kappa shape index (κ3) is 7.41. The Morgan fingerprint density at radius 1 is 0.309 bits per heavy atom. The molecule has 9 heteroatoms. The predicted molar refractivity (Wildman–Crippen MR) is 342 cm³/mol. The van der Waals surface area contributed by atoms with Crippen LogP contribution in [0.15, 0.2) is 307 Å². The van der Waals surface area contributed by atoms with Gasteiger partial charge in [-0.25, -0.2) is 0 Å². The molecule has 4 aliphatic rings. The topological polar surface area (TPSA) is 33.3 Å². The Hall–Kier alpha value is -9.72. The van der Waals surface area contributed by atoms with Crippen LogP contribution in [-0.4, -0.2) is 6.71 Å². The molecule has 16 rings (SSSR count). The monoisotopic (exact) mass is 1070 g/mol. The van der Waals surface area contributed by atoms with Crippen molar-refractivity contribution < 1.29 is 4.57 Å². The lowest BCUT2D eigenvalue weighted by atomic mass is 9.35. The zero-order valence-electron chi connectivity index (χ0n) is 43.9. The van der Waals surface area contributed by atoms with E-state index in [9.17, 15) is 0 Å². The van der Waals surface area contributed by atoms with E-state index in [1.54, 1.807) is 0 Å². The van der Waals surface area contributed by atoms with Crippen LogP contribution < -0.4 is 56.8 Å². The van der Waals surface area contributed by atoms with E-state index in [1.165, 1.54) is 15.8 Å². The number of anilines is 15. The van der Waals surface area contributed by atoms with Gasteiger partial charge in [0.15, 0.2) is 7.14 Å². The van der Waals surface area contributed by atoms with E-state index in [0.717, 1.165) is 112 Å². The molecule has 0 aliphatic carbocycles. The molecule has 0 amide bonds. The maximum Gasteiger partial charge on any atom is 0.249 e. The molecule has 0 N–H and O–H groups in total. The van der Waals surface area contributed by atoms with Crippen molar-refractivity contribution in [2.75, 3.05) is 24.5 Å². The van der Waals surface area contributed by atoms with Crippen LogP contribution in [0, 0.1) is 0 Å². The average Bonchev–Trinajstić information content (AvgIpc) is 3.66. The van der Waals surface area contributed by atoms with Gasteiger partial charge in [0.05, 0.1) is 33.7 Å². The molecule has 0 fully saturated rings. The van der Waals surface area contributed by atoms with E-state index in [-0.39, 0.29) is 6.71 Å². The summed E-state index contributed by atoms with van der Waals surface area (Å²) in [5.41, 5.74) is 18.6. The summed E-state index contributed by atoms with van der Waals surface area (Å²) in [7, 11) is -3.75. The first kappa shape index (κ1) is 47.3. The molecule has 382 valence electrons. The number of fused-ring (bicyclic) bond motifs is 8. The molecular weight excluding hydrogens is 1020 g/mol. The minimum Gasteiger partial charge on any atom is -0.311 e. The van der Waals surface area contributed by atoms with Crippen molar-refractivity contribution in [2.45, 2.75) is 9.79 Å². The third-order valence-corrected chi connectivity index (χ3v) is 20.6. The maximum absolute atomic E-state index is 18.1. The standard InChI is InChI=1S/C72H49BN5OPS/c79-80-67-43-25-24-42-62(67)77(55-36-18-6-19-37-55)65-45-57(74(50-26-8-1-9-27-50)51-28-10-2-11-29-51)46-66(72(65)80)78(56-38-20-7-21-39-56)63-49-69-60(48-68(63)80)73-59-40-22-23-41-61(59)76(54-34-16-5-17-35-54)64-44-58(47-70(81-69)71(64)73)75(52-30-12-3-13-31-52)53-32-14-4-15-33-53/h1-49H. The molecule has 4 heterocycles. The predicted octanol–water partition coefficient (Wildman–Crippen LogP) is 16.6. The number of nitrogens with zero attached hydrogens (tertiary/aromatic N) is 5. The van der Waals surface area contributed by atoms with Gasteiger partial charge in [-0.3, -0.25) is 0 Å². The van der Waals surface area contributed by atoms with Gasteiger partial charge in [0, 0.05) is 77.3 Å². The van der Waals surface area contributed by atoms with Gasteiger partial charge in [0.25, 0.3) is 0 Å². The molecule has 0 bridgehead atoms. The highest BCUT2D eigenvalue weighted by molar-refractivity contribution is 8.00. The minimum absolute atomic E-state index is 0.185. The van der Waals surface area contributed by atoms with Crippen molar-refractivity contribution in [3.8, 4) is 0 Å². The molecule has 0 saturated carbocycles. The van der Waals surface area contributed by atoms with Gasteiger partial charge in [0.2, 0.25) is 6.71 Å². The molecule has 1 atom stereocenters. The highest BCUT2D eigenvalue weighted by Gasteiger charge is 2.51. The van der Waals surface area contributed by atoms with Crippen molar-refractivity contribution in [3.63, 3.8) is 0 Å². The molecule has 12 aromatic carbocycles. The Kier molecular flexibility index (Phi) is 11.1. The van der Waals surface area contributed by atoms with Gasteiger partial charge >= 0.3 is 0 Å². The first-order chi connectivity index (χ1) is 40.1. The second-order valence-electron chi connectivity index (χ2n) is 20.8. The van der Waals surface area contributed by atoms with E-state index in [1.807, 2.05) is 11.8 Å². The largest absolute Gasteiger partial charge is 0.311 e. The van der Waals surface area contributed by atoms with Crippen LogP contribution in [0.5, 0.6) is 0 Å².